The van der Waals surface area contributed by atoms with Crippen LogP contribution in [0.3, 0.4) is 0 Å². The zero-order valence-corrected chi connectivity index (χ0v) is 20.6. The summed E-state index contributed by atoms with van der Waals surface area (Å²) in [6, 6.07) is 15.4. The highest BCUT2D eigenvalue weighted by Gasteiger charge is 2.36. The number of hydrogen-bond acceptors (Lipinski definition) is 6. The second-order valence-electron chi connectivity index (χ2n) is 8.00. The highest BCUT2D eigenvalue weighted by atomic mass is 35.5. The summed E-state index contributed by atoms with van der Waals surface area (Å²) in [5.74, 6) is 2.40. The average molecular weight is 510 g/mol. The first-order valence-electron chi connectivity index (χ1n) is 10.8. The van der Waals surface area contributed by atoms with E-state index in [2.05, 4.69) is 15.6 Å². The topological polar surface area (TPSA) is 94.2 Å². The molecule has 0 spiro atoms. The third-order valence-corrected chi connectivity index (χ3v) is 6.40. The Labute approximate surface area is 211 Å². The number of carbonyl (C=O) groups is 1. The third kappa shape index (κ3) is 4.26. The molecule has 8 nitrogen and oxygen atoms in total. The van der Waals surface area contributed by atoms with Crippen molar-refractivity contribution in [3.05, 3.63) is 87.4 Å². The molecule has 1 aliphatic heterocycles. The first-order chi connectivity index (χ1) is 16.9. The van der Waals surface area contributed by atoms with Gasteiger partial charge in [0.2, 0.25) is 5.95 Å². The lowest BCUT2D eigenvalue weighted by Gasteiger charge is -2.27. The van der Waals surface area contributed by atoms with Crippen molar-refractivity contribution in [2.75, 3.05) is 17.7 Å². The van der Waals surface area contributed by atoms with Crippen LogP contribution >= 0.6 is 23.2 Å². The van der Waals surface area contributed by atoms with Gasteiger partial charge in [0.05, 0.1) is 28.4 Å². The normalized spacial score (nSPS) is 14.9. The van der Waals surface area contributed by atoms with Gasteiger partial charge < -0.3 is 19.8 Å². The number of aromatic nitrogens is 3. The van der Waals surface area contributed by atoms with Crippen LogP contribution in [0.25, 0.3) is 11.4 Å². The van der Waals surface area contributed by atoms with Crippen LogP contribution in [0.4, 0.5) is 11.6 Å². The summed E-state index contributed by atoms with van der Waals surface area (Å²) < 4.78 is 13.0. The van der Waals surface area contributed by atoms with Gasteiger partial charge in [-0.1, -0.05) is 35.3 Å². The number of anilines is 2. The number of benzene rings is 2. The predicted octanol–water partition coefficient (Wildman–Crippen LogP) is 6.09. The number of methoxy groups -OCH3 is 1. The van der Waals surface area contributed by atoms with E-state index in [1.54, 1.807) is 42.1 Å². The number of allylic oxidation sites excluding steroid dienone is 1. The van der Waals surface area contributed by atoms with E-state index in [1.807, 2.05) is 38.1 Å². The van der Waals surface area contributed by atoms with Gasteiger partial charge in [0.1, 0.15) is 23.3 Å². The number of rotatable bonds is 5. The van der Waals surface area contributed by atoms with E-state index in [0.29, 0.717) is 61.6 Å². The van der Waals surface area contributed by atoms with Crippen LogP contribution in [0.15, 0.2) is 70.3 Å². The van der Waals surface area contributed by atoms with Crippen LogP contribution in [0.5, 0.6) is 5.75 Å². The molecule has 2 aromatic carbocycles. The molecule has 0 radical (unpaired) electrons. The van der Waals surface area contributed by atoms with Crippen molar-refractivity contribution in [3.63, 3.8) is 0 Å². The highest BCUT2D eigenvalue weighted by Crippen LogP contribution is 2.38. The summed E-state index contributed by atoms with van der Waals surface area (Å²) in [6.45, 7) is 3.66. The van der Waals surface area contributed by atoms with E-state index in [1.165, 1.54) is 0 Å². The third-order valence-electron chi connectivity index (χ3n) is 5.66. The summed E-state index contributed by atoms with van der Waals surface area (Å²) in [4.78, 5) is 18.2. The number of ether oxygens (including phenoxy) is 1. The van der Waals surface area contributed by atoms with Crippen LogP contribution in [0.2, 0.25) is 10.0 Å². The van der Waals surface area contributed by atoms with Gasteiger partial charge in [0, 0.05) is 11.3 Å². The lowest BCUT2D eigenvalue weighted by atomic mass is 10.00. The van der Waals surface area contributed by atoms with Gasteiger partial charge in [-0.25, -0.2) is 4.68 Å². The maximum Gasteiger partial charge on any atom is 0.256 e. The van der Waals surface area contributed by atoms with E-state index >= 15 is 0 Å². The molecule has 0 fully saturated rings. The number of carbonyl (C=O) groups excluding carboxylic acids is 1. The Bertz CT molecular complexity index is 1470. The van der Waals surface area contributed by atoms with Gasteiger partial charge in [-0.15, -0.1) is 5.10 Å². The molecular formula is C25H21Cl2N5O3. The molecule has 0 saturated carbocycles. The summed E-state index contributed by atoms with van der Waals surface area (Å²) in [5, 5.41) is 11.7. The molecule has 4 aromatic rings. The molecular weight excluding hydrogens is 489 g/mol. The summed E-state index contributed by atoms with van der Waals surface area (Å²) in [6.07, 6.45) is 0. The number of hydrogen-bond donors (Lipinski definition) is 2. The molecule has 0 bridgehead atoms. The van der Waals surface area contributed by atoms with Crippen LogP contribution in [-0.2, 0) is 4.79 Å². The van der Waals surface area contributed by atoms with E-state index in [4.69, 9.17) is 37.5 Å². The number of nitrogens with zero attached hydrogens (tertiary/aromatic N) is 3. The van der Waals surface area contributed by atoms with Crippen molar-refractivity contribution in [3.8, 4) is 17.1 Å². The maximum atomic E-state index is 13.6. The van der Waals surface area contributed by atoms with Crippen molar-refractivity contribution < 1.29 is 13.9 Å². The molecule has 1 atom stereocenters. The second-order valence-corrected chi connectivity index (χ2v) is 8.82. The Hall–Kier alpha value is -3.75. The smallest absolute Gasteiger partial charge is 0.256 e. The summed E-state index contributed by atoms with van der Waals surface area (Å²) >= 11 is 12.3. The predicted molar refractivity (Wildman–Crippen MR) is 135 cm³/mol. The van der Waals surface area contributed by atoms with Crippen LogP contribution in [0, 0.1) is 6.92 Å². The van der Waals surface area contributed by atoms with Crippen molar-refractivity contribution in [2.24, 2.45) is 0 Å². The van der Waals surface area contributed by atoms with Crippen molar-refractivity contribution in [1.82, 2.24) is 14.8 Å². The minimum absolute atomic E-state index is 0.323. The van der Waals surface area contributed by atoms with Gasteiger partial charge >= 0.3 is 0 Å². The lowest BCUT2D eigenvalue weighted by molar-refractivity contribution is -0.113. The van der Waals surface area contributed by atoms with Gasteiger partial charge in [0.15, 0.2) is 5.82 Å². The number of aryl methyl sites for hydroxylation is 1. The van der Waals surface area contributed by atoms with Gasteiger partial charge in [-0.3, -0.25) is 4.79 Å². The number of amides is 1. The number of furan rings is 1. The first-order valence-corrected chi connectivity index (χ1v) is 11.5. The standard InChI is InChI=1S/C25H21Cl2N5O3/c1-13-8-11-20(35-13)22-21(24(33)29-18-6-4-5-7-19(18)34-3)14(2)28-25-30-23(31-32(22)25)15-9-10-16(26)17(27)12-15/h4-12,22H,1-3H3,(H,29,33)(H,28,30,31). The fraction of sp³-hybridized carbons (Fsp3) is 0.160. The van der Waals surface area contributed by atoms with E-state index < -0.39 is 6.04 Å². The number of para-hydroxylation sites is 2. The maximum absolute atomic E-state index is 13.6. The monoisotopic (exact) mass is 509 g/mol. The number of nitrogens with one attached hydrogen (secondary N) is 2. The zero-order valence-electron chi connectivity index (χ0n) is 19.1. The second kappa shape index (κ2) is 9.13. The Kier molecular flexibility index (Phi) is 6.00. The largest absolute Gasteiger partial charge is 0.495 e. The van der Waals surface area contributed by atoms with E-state index in [-0.39, 0.29) is 5.91 Å². The molecule has 10 heteroatoms. The molecule has 0 saturated heterocycles. The molecule has 1 aliphatic rings. The van der Waals surface area contributed by atoms with Crippen LogP contribution in [-0.4, -0.2) is 27.8 Å². The highest BCUT2D eigenvalue weighted by molar-refractivity contribution is 6.42. The fourth-order valence-corrected chi connectivity index (χ4v) is 4.30. The Balaban J connectivity index is 1.59. The quantitative estimate of drug-likeness (QED) is 0.338. The average Bonchev–Trinajstić information content (AvgIpc) is 3.46. The summed E-state index contributed by atoms with van der Waals surface area (Å²) in [5.41, 5.74) is 2.30. The van der Waals surface area contributed by atoms with Crippen LogP contribution in [0.1, 0.15) is 24.5 Å². The number of fused-ring (bicyclic) bond motifs is 1. The van der Waals surface area contributed by atoms with Gasteiger partial charge in [0.25, 0.3) is 5.91 Å². The summed E-state index contributed by atoms with van der Waals surface area (Å²) in [7, 11) is 1.55. The number of halogens is 2. The Morgan fingerprint density at radius 3 is 2.63 bits per heavy atom. The minimum atomic E-state index is -0.654. The molecule has 0 aliphatic carbocycles. The van der Waals surface area contributed by atoms with Crippen molar-refractivity contribution in [1.29, 1.82) is 0 Å². The van der Waals surface area contributed by atoms with Crippen molar-refractivity contribution >= 4 is 40.7 Å². The molecule has 1 amide bonds. The molecule has 2 aromatic heterocycles. The van der Waals surface area contributed by atoms with Crippen molar-refractivity contribution in [2.45, 2.75) is 19.9 Å². The molecule has 1 unspecified atom stereocenters. The fourth-order valence-electron chi connectivity index (χ4n) is 4.00. The van der Waals surface area contributed by atoms with Crippen LogP contribution < -0.4 is 15.4 Å². The van der Waals surface area contributed by atoms with E-state index in [9.17, 15) is 4.79 Å². The first kappa shape index (κ1) is 23.0. The minimum Gasteiger partial charge on any atom is -0.495 e. The Morgan fingerprint density at radius 2 is 1.91 bits per heavy atom. The molecule has 178 valence electrons. The molecule has 2 N–H and O–H groups in total. The molecule has 35 heavy (non-hydrogen) atoms. The molecule has 3 heterocycles. The van der Waals surface area contributed by atoms with E-state index in [0.717, 1.165) is 0 Å². The molecule has 5 rings (SSSR count). The zero-order chi connectivity index (χ0) is 24.7. The Morgan fingerprint density at radius 1 is 1.11 bits per heavy atom. The van der Waals surface area contributed by atoms with Gasteiger partial charge in [-0.2, -0.15) is 4.98 Å². The van der Waals surface area contributed by atoms with Gasteiger partial charge in [-0.05, 0) is 56.3 Å². The lowest BCUT2D eigenvalue weighted by Crippen LogP contribution is -2.31. The SMILES string of the molecule is COc1ccccc1NC(=O)C1=C(C)Nc2nc(-c3ccc(Cl)c(Cl)c3)nn2C1c1ccc(C)o1.